The summed E-state index contributed by atoms with van der Waals surface area (Å²) in [4.78, 5) is 0. The molecule has 2 atom stereocenters. The first-order chi connectivity index (χ1) is 4.29. The highest BCUT2D eigenvalue weighted by Gasteiger charge is 2.18. The van der Waals surface area contributed by atoms with E-state index in [-0.39, 0.29) is 6.10 Å². The molecule has 1 fully saturated rings. The average molecular weight is 148 g/mol. The van der Waals surface area contributed by atoms with Crippen LogP contribution >= 0.6 is 0 Å². The van der Waals surface area contributed by atoms with Gasteiger partial charge in [-0.15, -0.1) is 0 Å². The molecule has 0 aromatic heterocycles. The third kappa shape index (κ3) is 2.56. The Labute approximate surface area is 58.8 Å². The highest BCUT2D eigenvalue weighted by molar-refractivity contribution is 7.90. The second-order valence-electron chi connectivity index (χ2n) is 2.37. The molecule has 1 rings (SSSR count). The van der Waals surface area contributed by atoms with Gasteiger partial charge in [0.15, 0.2) is 0 Å². The van der Waals surface area contributed by atoms with Crippen LogP contribution in [-0.2, 0) is 15.9 Å². The zero-order valence-electron chi connectivity index (χ0n) is 5.63. The van der Waals surface area contributed by atoms with E-state index in [0.29, 0.717) is 0 Å². The Kier molecular flexibility index (Phi) is 2.82. The third-order valence-corrected chi connectivity index (χ3v) is 2.29. The largest absolute Gasteiger partial charge is 0.616 e. The van der Waals surface area contributed by atoms with E-state index in [1.165, 1.54) is 0 Å². The van der Waals surface area contributed by atoms with E-state index in [1.54, 1.807) is 6.26 Å². The normalized spacial score (nSPS) is 30.7. The fourth-order valence-electron chi connectivity index (χ4n) is 1.04. The average Bonchev–Trinajstić information content (AvgIpc) is 2.15. The van der Waals surface area contributed by atoms with Gasteiger partial charge in [-0.3, -0.25) is 0 Å². The van der Waals surface area contributed by atoms with Crippen LogP contribution in [-0.4, -0.2) is 29.3 Å². The summed E-state index contributed by atoms with van der Waals surface area (Å²) in [5.74, 6) is 0.722. The van der Waals surface area contributed by atoms with Crippen molar-refractivity contribution in [2.24, 2.45) is 0 Å². The fourth-order valence-corrected chi connectivity index (χ4v) is 1.82. The maximum absolute atomic E-state index is 10.6. The predicted octanol–water partition coefficient (Wildman–Crippen LogP) is 0.544. The molecule has 2 nitrogen and oxygen atoms in total. The van der Waals surface area contributed by atoms with E-state index in [2.05, 4.69) is 0 Å². The molecule has 0 N–H and O–H groups in total. The summed E-state index contributed by atoms with van der Waals surface area (Å²) in [7, 11) is 0. The van der Waals surface area contributed by atoms with Crippen LogP contribution in [0.3, 0.4) is 0 Å². The van der Waals surface area contributed by atoms with Crippen LogP contribution in [0, 0.1) is 0 Å². The van der Waals surface area contributed by atoms with Crippen molar-refractivity contribution in [2.75, 3.05) is 18.6 Å². The lowest BCUT2D eigenvalue weighted by molar-refractivity contribution is 0.127. The van der Waals surface area contributed by atoms with Gasteiger partial charge in [0.05, 0.1) is 6.26 Å². The topological polar surface area (TPSA) is 32.3 Å². The molecule has 0 aromatic carbocycles. The molecule has 0 aromatic rings. The standard InChI is InChI=1S/C6H12O2S/c1-9(7)5-6-3-2-4-8-6/h6H,2-5H2,1H3/t6?,9-/m1/s1. The van der Waals surface area contributed by atoms with E-state index >= 15 is 0 Å². The van der Waals surface area contributed by atoms with Gasteiger partial charge in [-0.2, -0.15) is 0 Å². The quantitative estimate of drug-likeness (QED) is 0.535. The SMILES string of the molecule is C[S@@+]([O-])CC1CCCO1. The molecule has 0 aliphatic carbocycles. The Bertz CT molecular complexity index is 79.1. The van der Waals surface area contributed by atoms with Crippen LogP contribution in [0.2, 0.25) is 0 Å². The van der Waals surface area contributed by atoms with Gasteiger partial charge in [0, 0.05) is 6.61 Å². The number of ether oxygens (including phenoxy) is 1. The molecule has 3 heteroatoms. The predicted molar refractivity (Wildman–Crippen MR) is 37.9 cm³/mol. The van der Waals surface area contributed by atoms with Gasteiger partial charge < -0.3 is 9.29 Å². The Morgan fingerprint density at radius 3 is 3.00 bits per heavy atom. The minimum absolute atomic E-state index is 0.288. The van der Waals surface area contributed by atoms with Gasteiger partial charge >= 0.3 is 0 Å². The van der Waals surface area contributed by atoms with Crippen molar-refractivity contribution in [3.8, 4) is 0 Å². The van der Waals surface area contributed by atoms with Crippen molar-refractivity contribution in [3.63, 3.8) is 0 Å². The van der Waals surface area contributed by atoms with Crippen molar-refractivity contribution in [2.45, 2.75) is 18.9 Å². The maximum Gasteiger partial charge on any atom is 0.131 e. The molecule has 54 valence electrons. The molecule has 0 spiro atoms. The van der Waals surface area contributed by atoms with E-state index in [4.69, 9.17) is 4.74 Å². The van der Waals surface area contributed by atoms with Crippen molar-refractivity contribution >= 4 is 11.2 Å². The summed E-state index contributed by atoms with van der Waals surface area (Å²) in [5.41, 5.74) is 0. The van der Waals surface area contributed by atoms with Crippen molar-refractivity contribution < 1.29 is 9.29 Å². The molecule has 1 aliphatic heterocycles. The second-order valence-corrected chi connectivity index (χ2v) is 3.85. The summed E-state index contributed by atoms with van der Waals surface area (Å²) in [6, 6.07) is 0. The molecule has 1 heterocycles. The summed E-state index contributed by atoms with van der Waals surface area (Å²) >= 11 is -0.680. The molecule has 0 radical (unpaired) electrons. The highest BCUT2D eigenvalue weighted by atomic mass is 32.2. The van der Waals surface area contributed by atoms with Crippen LogP contribution < -0.4 is 0 Å². The Hall–Kier alpha value is 0.270. The summed E-state index contributed by atoms with van der Waals surface area (Å²) < 4.78 is 15.9. The molecular weight excluding hydrogens is 136 g/mol. The number of hydrogen-bond acceptors (Lipinski definition) is 2. The maximum atomic E-state index is 10.6. The molecule has 0 amide bonds. The Morgan fingerprint density at radius 1 is 1.78 bits per heavy atom. The van der Waals surface area contributed by atoms with Crippen molar-refractivity contribution in [1.29, 1.82) is 0 Å². The molecule has 1 aliphatic rings. The Balaban J connectivity index is 2.11. The lowest BCUT2D eigenvalue weighted by Crippen LogP contribution is -2.18. The van der Waals surface area contributed by atoms with Crippen LogP contribution in [0.4, 0.5) is 0 Å². The van der Waals surface area contributed by atoms with E-state index in [9.17, 15) is 4.55 Å². The van der Waals surface area contributed by atoms with Crippen LogP contribution in [0.15, 0.2) is 0 Å². The molecule has 1 saturated heterocycles. The molecule has 0 bridgehead atoms. The lowest BCUT2D eigenvalue weighted by atomic mass is 10.3. The summed E-state index contributed by atoms with van der Waals surface area (Å²) in [5, 5.41) is 0. The van der Waals surface area contributed by atoms with Crippen LogP contribution in [0.5, 0.6) is 0 Å². The number of rotatable bonds is 2. The monoisotopic (exact) mass is 148 g/mol. The van der Waals surface area contributed by atoms with Gasteiger partial charge in [-0.05, 0) is 12.8 Å². The number of hydrogen-bond donors (Lipinski definition) is 0. The molecule has 9 heavy (non-hydrogen) atoms. The van der Waals surface area contributed by atoms with E-state index in [0.717, 1.165) is 25.2 Å². The lowest BCUT2D eigenvalue weighted by Gasteiger charge is -2.09. The fraction of sp³-hybridized carbons (Fsp3) is 1.00. The molecule has 0 saturated carbocycles. The summed E-state index contributed by atoms with van der Waals surface area (Å²) in [6.07, 6.45) is 4.25. The van der Waals surface area contributed by atoms with Crippen LogP contribution in [0.1, 0.15) is 12.8 Å². The first-order valence-electron chi connectivity index (χ1n) is 3.20. The zero-order valence-corrected chi connectivity index (χ0v) is 6.45. The molecule has 1 unspecified atom stereocenters. The van der Waals surface area contributed by atoms with Gasteiger partial charge in [0.1, 0.15) is 11.9 Å². The zero-order chi connectivity index (χ0) is 6.69. The minimum atomic E-state index is -0.680. The van der Waals surface area contributed by atoms with Crippen molar-refractivity contribution in [1.82, 2.24) is 0 Å². The summed E-state index contributed by atoms with van der Waals surface area (Å²) in [6.45, 7) is 0.863. The van der Waals surface area contributed by atoms with Gasteiger partial charge in [0.25, 0.3) is 0 Å². The second kappa shape index (κ2) is 3.44. The van der Waals surface area contributed by atoms with Gasteiger partial charge in [0.2, 0.25) is 0 Å². The first kappa shape index (κ1) is 7.38. The third-order valence-electron chi connectivity index (χ3n) is 1.44. The van der Waals surface area contributed by atoms with Gasteiger partial charge in [-0.1, -0.05) is 11.2 Å². The Morgan fingerprint density at radius 2 is 2.56 bits per heavy atom. The highest BCUT2D eigenvalue weighted by Crippen LogP contribution is 2.12. The van der Waals surface area contributed by atoms with E-state index in [1.807, 2.05) is 0 Å². The van der Waals surface area contributed by atoms with E-state index < -0.39 is 11.2 Å². The van der Waals surface area contributed by atoms with Crippen molar-refractivity contribution in [3.05, 3.63) is 0 Å². The van der Waals surface area contributed by atoms with Crippen LogP contribution in [0.25, 0.3) is 0 Å². The first-order valence-corrected chi connectivity index (χ1v) is 4.93. The molecular formula is C6H12O2S. The smallest absolute Gasteiger partial charge is 0.131 e. The minimum Gasteiger partial charge on any atom is -0.616 e. The van der Waals surface area contributed by atoms with Gasteiger partial charge in [-0.25, -0.2) is 0 Å².